The van der Waals surface area contributed by atoms with Gasteiger partial charge in [0.2, 0.25) is 0 Å². The number of nitriles is 1. The van der Waals surface area contributed by atoms with Gasteiger partial charge in [-0.25, -0.2) is 4.39 Å². The number of halogens is 2. The van der Waals surface area contributed by atoms with Crippen molar-refractivity contribution in [2.45, 2.75) is 0 Å². The van der Waals surface area contributed by atoms with Crippen LogP contribution in [0, 0.1) is 21.9 Å². The van der Waals surface area contributed by atoms with Gasteiger partial charge in [0.15, 0.2) is 4.77 Å². The first-order valence-electron chi connectivity index (χ1n) is 5.71. The Balaban J connectivity index is 2.44. The molecule has 3 aromatic rings. The van der Waals surface area contributed by atoms with E-state index in [1.807, 2.05) is 0 Å². The van der Waals surface area contributed by atoms with Crippen molar-refractivity contribution < 1.29 is 4.39 Å². The van der Waals surface area contributed by atoms with Crippen LogP contribution in [0.3, 0.4) is 0 Å². The lowest BCUT2D eigenvalue weighted by molar-refractivity contribution is 0.618. The lowest BCUT2D eigenvalue weighted by Crippen LogP contribution is -1.97. The molecule has 0 aliphatic rings. The Bertz CT molecular complexity index is 920. The molecule has 0 spiro atoms. The van der Waals surface area contributed by atoms with Crippen molar-refractivity contribution in [1.29, 1.82) is 5.26 Å². The molecule has 0 saturated carbocycles. The van der Waals surface area contributed by atoms with E-state index in [0.717, 1.165) is 4.47 Å². The van der Waals surface area contributed by atoms with E-state index in [0.29, 0.717) is 27.1 Å². The quantitative estimate of drug-likeness (QED) is 0.660. The van der Waals surface area contributed by atoms with Crippen LogP contribution in [0.4, 0.5) is 4.39 Å². The number of fused-ring (bicyclic) bond motifs is 1. The summed E-state index contributed by atoms with van der Waals surface area (Å²) in [5.41, 5.74) is 2.10. The maximum Gasteiger partial charge on any atom is 0.182 e. The van der Waals surface area contributed by atoms with Crippen molar-refractivity contribution in [2.75, 3.05) is 0 Å². The number of nitrogens with zero attached hydrogens (tertiary/aromatic N) is 2. The molecule has 0 saturated heterocycles. The molecular weight excluding hydrogens is 341 g/mol. The molecule has 20 heavy (non-hydrogen) atoms. The van der Waals surface area contributed by atoms with E-state index in [1.165, 1.54) is 6.07 Å². The number of H-pyrrole nitrogens is 1. The molecule has 1 N–H and O–H groups in total. The van der Waals surface area contributed by atoms with Crippen molar-refractivity contribution >= 4 is 39.2 Å². The molecule has 6 heteroatoms. The second kappa shape index (κ2) is 4.85. The molecule has 3 nitrogen and oxygen atoms in total. The first-order chi connectivity index (χ1) is 9.61. The second-order valence-electron chi connectivity index (χ2n) is 4.17. The van der Waals surface area contributed by atoms with E-state index >= 15 is 0 Å². The third kappa shape index (κ3) is 1.96. The maximum atomic E-state index is 14.1. The van der Waals surface area contributed by atoms with Gasteiger partial charge in [-0.2, -0.15) is 5.26 Å². The van der Waals surface area contributed by atoms with Crippen LogP contribution >= 0.6 is 28.1 Å². The van der Waals surface area contributed by atoms with Gasteiger partial charge in [0.25, 0.3) is 0 Å². The Morgan fingerprint density at radius 2 is 2.10 bits per heavy atom. The predicted octanol–water partition coefficient (Wildman–Crippen LogP) is 4.46. The summed E-state index contributed by atoms with van der Waals surface area (Å²) in [4.78, 5) is 2.97. The highest BCUT2D eigenvalue weighted by atomic mass is 79.9. The second-order valence-corrected chi connectivity index (χ2v) is 5.48. The van der Waals surface area contributed by atoms with E-state index < -0.39 is 0 Å². The van der Waals surface area contributed by atoms with Gasteiger partial charge in [0, 0.05) is 4.47 Å². The summed E-state index contributed by atoms with van der Waals surface area (Å²) in [5, 5.41) is 9.11. The van der Waals surface area contributed by atoms with Gasteiger partial charge in [-0.05, 0) is 42.5 Å². The summed E-state index contributed by atoms with van der Waals surface area (Å²) in [5.74, 6) is -0.382. The van der Waals surface area contributed by atoms with Gasteiger partial charge < -0.3 is 4.98 Å². The van der Waals surface area contributed by atoms with Crippen LogP contribution in [-0.4, -0.2) is 9.55 Å². The molecule has 3 rings (SSSR count). The number of hydrogen-bond donors (Lipinski definition) is 1. The molecule has 98 valence electrons. The van der Waals surface area contributed by atoms with Gasteiger partial charge in [-0.3, -0.25) is 4.57 Å². The number of para-hydroxylation sites is 1. The molecule has 0 bridgehead atoms. The van der Waals surface area contributed by atoms with Gasteiger partial charge >= 0.3 is 0 Å². The summed E-state index contributed by atoms with van der Waals surface area (Å²) in [6, 6.07) is 12.0. The lowest BCUT2D eigenvalue weighted by Gasteiger charge is -2.06. The Labute approximate surface area is 127 Å². The van der Waals surface area contributed by atoms with Crippen LogP contribution in [0.1, 0.15) is 5.56 Å². The predicted molar refractivity (Wildman–Crippen MR) is 80.8 cm³/mol. The highest BCUT2D eigenvalue weighted by Gasteiger charge is 2.13. The smallest absolute Gasteiger partial charge is 0.182 e. The largest absolute Gasteiger partial charge is 0.329 e. The molecule has 2 aromatic carbocycles. The van der Waals surface area contributed by atoms with E-state index in [4.69, 9.17) is 17.5 Å². The molecule has 0 atom stereocenters. The van der Waals surface area contributed by atoms with Crippen LogP contribution in [0.5, 0.6) is 0 Å². The molecule has 0 aliphatic heterocycles. The molecule has 0 amide bonds. The van der Waals surface area contributed by atoms with Crippen molar-refractivity contribution in [3.63, 3.8) is 0 Å². The first-order valence-corrected chi connectivity index (χ1v) is 6.91. The molecule has 0 fully saturated rings. The monoisotopic (exact) mass is 347 g/mol. The summed E-state index contributed by atoms with van der Waals surface area (Å²) in [6.07, 6.45) is 0. The van der Waals surface area contributed by atoms with E-state index in [2.05, 4.69) is 27.0 Å². The zero-order valence-electron chi connectivity index (χ0n) is 10.0. The number of rotatable bonds is 1. The maximum absolute atomic E-state index is 14.1. The Morgan fingerprint density at radius 3 is 2.85 bits per heavy atom. The van der Waals surface area contributed by atoms with Gasteiger partial charge in [-0.15, -0.1) is 0 Å². The summed E-state index contributed by atoms with van der Waals surface area (Å²) in [6.45, 7) is 0. The fourth-order valence-electron chi connectivity index (χ4n) is 2.12. The number of nitrogens with one attached hydrogen (secondary N) is 1. The van der Waals surface area contributed by atoms with Crippen molar-refractivity contribution in [1.82, 2.24) is 9.55 Å². The minimum Gasteiger partial charge on any atom is -0.329 e. The van der Waals surface area contributed by atoms with Crippen LogP contribution < -0.4 is 0 Å². The molecule has 0 radical (unpaired) electrons. The van der Waals surface area contributed by atoms with Gasteiger partial charge in [-0.1, -0.05) is 22.0 Å². The average Bonchev–Trinajstić information content (AvgIpc) is 2.77. The van der Waals surface area contributed by atoms with Crippen LogP contribution in [0.25, 0.3) is 16.7 Å². The minimum atomic E-state index is -0.382. The average molecular weight is 348 g/mol. The van der Waals surface area contributed by atoms with Crippen molar-refractivity contribution in [3.05, 3.63) is 57.0 Å². The zero-order chi connectivity index (χ0) is 14.3. The number of aromatic amines is 1. The van der Waals surface area contributed by atoms with Gasteiger partial charge in [0.1, 0.15) is 11.9 Å². The first kappa shape index (κ1) is 13.0. The summed E-state index contributed by atoms with van der Waals surface area (Å²) < 4.78 is 16.7. The Kier molecular flexibility index (Phi) is 3.16. The Hall–Kier alpha value is -1.97. The van der Waals surface area contributed by atoms with Crippen LogP contribution in [-0.2, 0) is 0 Å². The minimum absolute atomic E-state index is 0.339. The number of aromatic nitrogens is 2. The third-order valence-electron chi connectivity index (χ3n) is 2.99. The standard InChI is InChI=1S/C14H7BrFN3S/c15-9-4-5-10(16)12(6-9)19-11-3-1-2-8(7-17)13(11)18-14(19)20/h1-6H,(H,18,20). The van der Waals surface area contributed by atoms with E-state index in [1.54, 1.807) is 34.9 Å². The number of benzene rings is 2. The highest BCUT2D eigenvalue weighted by Crippen LogP contribution is 2.25. The molecule has 0 aliphatic carbocycles. The number of hydrogen-bond acceptors (Lipinski definition) is 2. The Morgan fingerprint density at radius 1 is 1.30 bits per heavy atom. The SMILES string of the molecule is N#Cc1cccc2c1[nH]c(=S)n2-c1cc(Br)ccc1F. The van der Waals surface area contributed by atoms with Crippen LogP contribution in [0.2, 0.25) is 0 Å². The topological polar surface area (TPSA) is 44.5 Å². The molecular formula is C14H7BrFN3S. The zero-order valence-corrected chi connectivity index (χ0v) is 12.4. The van der Waals surface area contributed by atoms with Crippen molar-refractivity contribution in [3.8, 4) is 11.8 Å². The van der Waals surface area contributed by atoms with E-state index in [9.17, 15) is 4.39 Å². The fourth-order valence-corrected chi connectivity index (χ4v) is 2.77. The summed E-state index contributed by atoms with van der Waals surface area (Å²) >= 11 is 8.58. The normalized spacial score (nSPS) is 10.7. The number of imidazole rings is 1. The lowest BCUT2D eigenvalue weighted by atomic mass is 10.2. The van der Waals surface area contributed by atoms with Gasteiger partial charge in [0.05, 0.1) is 22.3 Å². The highest BCUT2D eigenvalue weighted by molar-refractivity contribution is 9.10. The third-order valence-corrected chi connectivity index (χ3v) is 3.77. The fraction of sp³-hybridized carbons (Fsp3) is 0. The molecule has 1 aromatic heterocycles. The van der Waals surface area contributed by atoms with Crippen molar-refractivity contribution in [2.24, 2.45) is 0 Å². The van der Waals surface area contributed by atoms with Crippen LogP contribution in [0.15, 0.2) is 40.9 Å². The molecule has 1 heterocycles. The van der Waals surface area contributed by atoms with E-state index in [-0.39, 0.29) is 5.82 Å². The molecule has 0 unspecified atom stereocenters. The summed E-state index contributed by atoms with van der Waals surface area (Å²) in [7, 11) is 0.